The normalized spacial score (nSPS) is 12.5. The van der Waals surface area contributed by atoms with Gasteiger partial charge in [0.25, 0.3) is 0 Å². The number of ketones is 2. The van der Waals surface area contributed by atoms with Crippen LogP contribution in [0.2, 0.25) is 0 Å². The zero-order valence-electron chi connectivity index (χ0n) is 11.1. The molecular formula is C16H12O2S2. The Morgan fingerprint density at radius 3 is 1.45 bits per heavy atom. The Balaban J connectivity index is 2.02. The van der Waals surface area contributed by atoms with E-state index in [-0.39, 0.29) is 11.6 Å². The third kappa shape index (κ3) is 2.41. The second-order valence-corrected chi connectivity index (χ2v) is 6.81. The number of rotatable bonds is 2. The third-order valence-corrected chi connectivity index (χ3v) is 5.67. The van der Waals surface area contributed by atoms with Crippen molar-refractivity contribution < 1.29 is 9.59 Å². The van der Waals surface area contributed by atoms with Gasteiger partial charge in [0.1, 0.15) is 0 Å². The first kappa shape index (κ1) is 13.5. The van der Waals surface area contributed by atoms with E-state index in [0.29, 0.717) is 0 Å². The van der Waals surface area contributed by atoms with Gasteiger partial charge in [0.05, 0.1) is 0 Å². The maximum absolute atomic E-state index is 11.4. The number of carbonyl (C=O) groups is 2. The third-order valence-electron chi connectivity index (χ3n) is 3.14. The fourth-order valence-corrected chi connectivity index (χ4v) is 4.29. The van der Waals surface area contributed by atoms with Crippen LogP contribution in [0.25, 0.3) is 0 Å². The molecule has 2 nitrogen and oxygen atoms in total. The summed E-state index contributed by atoms with van der Waals surface area (Å²) in [5.41, 5.74) is 1.47. The number of carbonyl (C=O) groups excluding carboxylic acids is 2. The summed E-state index contributed by atoms with van der Waals surface area (Å²) in [5.74, 6) is 0.159. The van der Waals surface area contributed by atoms with Gasteiger partial charge in [-0.05, 0) is 38.1 Å². The van der Waals surface area contributed by atoms with Gasteiger partial charge < -0.3 is 0 Å². The van der Waals surface area contributed by atoms with E-state index in [0.717, 1.165) is 30.7 Å². The van der Waals surface area contributed by atoms with Gasteiger partial charge in [-0.1, -0.05) is 35.7 Å². The van der Waals surface area contributed by atoms with Crippen molar-refractivity contribution in [3.05, 3.63) is 47.5 Å². The second-order valence-electron chi connectivity index (χ2n) is 4.64. The minimum atomic E-state index is 0.0797. The number of hydrogen-bond acceptors (Lipinski definition) is 4. The summed E-state index contributed by atoms with van der Waals surface area (Å²) >= 11 is 3.30. The summed E-state index contributed by atoms with van der Waals surface area (Å²) in [6.07, 6.45) is 0. The van der Waals surface area contributed by atoms with Crippen LogP contribution in [0.1, 0.15) is 34.6 Å². The largest absolute Gasteiger partial charge is 0.295 e. The smallest absolute Gasteiger partial charge is 0.159 e. The molecule has 100 valence electrons. The van der Waals surface area contributed by atoms with Crippen molar-refractivity contribution in [2.45, 2.75) is 33.4 Å². The maximum Gasteiger partial charge on any atom is 0.159 e. The van der Waals surface area contributed by atoms with Gasteiger partial charge >= 0.3 is 0 Å². The Morgan fingerprint density at radius 1 is 0.700 bits per heavy atom. The van der Waals surface area contributed by atoms with E-state index in [4.69, 9.17) is 0 Å². The SMILES string of the molecule is CC(=O)c1ccc2c(c1)Sc1ccc(C(C)=O)cc1S2. The van der Waals surface area contributed by atoms with E-state index in [2.05, 4.69) is 0 Å². The Bertz CT molecular complexity index is 672. The van der Waals surface area contributed by atoms with Crippen molar-refractivity contribution in [3.8, 4) is 0 Å². The van der Waals surface area contributed by atoms with Crippen molar-refractivity contribution in [3.63, 3.8) is 0 Å². The Morgan fingerprint density at radius 2 is 1.10 bits per heavy atom. The topological polar surface area (TPSA) is 34.1 Å². The van der Waals surface area contributed by atoms with Gasteiger partial charge in [0.2, 0.25) is 0 Å². The molecule has 0 fully saturated rings. The minimum absolute atomic E-state index is 0.0797. The fraction of sp³-hybridized carbons (Fsp3) is 0.125. The van der Waals surface area contributed by atoms with Crippen LogP contribution >= 0.6 is 23.5 Å². The Hall–Kier alpha value is -1.52. The van der Waals surface area contributed by atoms with Crippen LogP contribution in [0, 0.1) is 0 Å². The van der Waals surface area contributed by atoms with Crippen LogP contribution in [0.4, 0.5) is 0 Å². The molecule has 0 aliphatic carbocycles. The molecule has 20 heavy (non-hydrogen) atoms. The fourth-order valence-electron chi connectivity index (χ4n) is 2.02. The molecule has 0 aromatic heterocycles. The van der Waals surface area contributed by atoms with Gasteiger partial charge in [-0.3, -0.25) is 9.59 Å². The molecule has 0 unspecified atom stereocenters. The molecule has 0 amide bonds. The monoisotopic (exact) mass is 300 g/mol. The Labute approximate surface area is 126 Å². The second kappa shape index (κ2) is 5.11. The number of fused-ring (bicyclic) bond motifs is 2. The van der Waals surface area contributed by atoms with Crippen molar-refractivity contribution in [1.82, 2.24) is 0 Å². The average molecular weight is 300 g/mol. The lowest BCUT2D eigenvalue weighted by molar-refractivity contribution is 0.100. The molecule has 0 spiro atoms. The number of hydrogen-bond donors (Lipinski definition) is 0. The molecule has 2 aromatic carbocycles. The van der Waals surface area contributed by atoms with Crippen molar-refractivity contribution in [1.29, 1.82) is 0 Å². The molecule has 0 bridgehead atoms. The van der Waals surface area contributed by atoms with E-state index >= 15 is 0 Å². The molecule has 1 aliphatic rings. The van der Waals surface area contributed by atoms with Crippen molar-refractivity contribution in [2.24, 2.45) is 0 Å². The molecule has 0 radical (unpaired) electrons. The van der Waals surface area contributed by atoms with E-state index in [1.54, 1.807) is 37.4 Å². The highest BCUT2D eigenvalue weighted by molar-refractivity contribution is 8.05. The molecule has 0 atom stereocenters. The molecule has 2 aromatic rings. The van der Waals surface area contributed by atoms with Crippen LogP contribution in [-0.2, 0) is 0 Å². The van der Waals surface area contributed by atoms with E-state index in [9.17, 15) is 9.59 Å². The van der Waals surface area contributed by atoms with Gasteiger partial charge in [-0.25, -0.2) is 0 Å². The zero-order chi connectivity index (χ0) is 14.3. The first-order valence-corrected chi connectivity index (χ1v) is 7.83. The van der Waals surface area contributed by atoms with E-state index in [1.165, 1.54) is 0 Å². The molecule has 1 aliphatic heterocycles. The molecule has 3 rings (SSSR count). The Kier molecular flexibility index (Phi) is 3.44. The summed E-state index contributed by atoms with van der Waals surface area (Å²) in [4.78, 5) is 27.4. The van der Waals surface area contributed by atoms with Crippen LogP contribution in [-0.4, -0.2) is 11.6 Å². The van der Waals surface area contributed by atoms with E-state index in [1.807, 2.05) is 36.4 Å². The predicted molar refractivity (Wildman–Crippen MR) is 81.1 cm³/mol. The number of Topliss-reactive ketones (excluding diaryl/α,β-unsaturated/α-hetero) is 2. The van der Waals surface area contributed by atoms with Gasteiger partial charge in [0.15, 0.2) is 11.6 Å². The molecule has 0 saturated carbocycles. The average Bonchev–Trinajstić information content (AvgIpc) is 2.43. The summed E-state index contributed by atoms with van der Waals surface area (Å²) in [6.45, 7) is 3.16. The van der Waals surface area contributed by atoms with Gasteiger partial charge in [0, 0.05) is 30.7 Å². The molecule has 0 saturated heterocycles. The lowest BCUT2D eigenvalue weighted by Crippen LogP contribution is -1.97. The standard InChI is InChI=1S/C16H12O2S2/c1-9(17)11-3-5-13-15(7-11)19-14-6-4-12(10(2)18)8-16(14)20-13/h3-8H,1-2H3. The molecule has 1 heterocycles. The lowest BCUT2D eigenvalue weighted by atomic mass is 10.1. The maximum atomic E-state index is 11.4. The van der Waals surface area contributed by atoms with Crippen LogP contribution < -0.4 is 0 Å². The van der Waals surface area contributed by atoms with Crippen LogP contribution in [0.5, 0.6) is 0 Å². The molecular weight excluding hydrogens is 288 g/mol. The summed E-state index contributed by atoms with van der Waals surface area (Å²) in [7, 11) is 0. The molecule has 0 N–H and O–H groups in total. The predicted octanol–water partition coefficient (Wildman–Crippen LogP) is 4.71. The van der Waals surface area contributed by atoms with E-state index < -0.39 is 0 Å². The van der Waals surface area contributed by atoms with Gasteiger partial charge in [-0.2, -0.15) is 0 Å². The van der Waals surface area contributed by atoms with Crippen molar-refractivity contribution in [2.75, 3.05) is 0 Å². The zero-order valence-corrected chi connectivity index (χ0v) is 12.7. The highest BCUT2D eigenvalue weighted by Gasteiger charge is 2.19. The summed E-state index contributed by atoms with van der Waals surface area (Å²) in [5, 5.41) is 0. The highest BCUT2D eigenvalue weighted by atomic mass is 32.2. The summed E-state index contributed by atoms with van der Waals surface area (Å²) in [6, 6.07) is 11.6. The van der Waals surface area contributed by atoms with Gasteiger partial charge in [-0.15, -0.1) is 0 Å². The highest BCUT2D eigenvalue weighted by Crippen LogP contribution is 2.48. The first-order valence-electron chi connectivity index (χ1n) is 6.20. The quantitative estimate of drug-likeness (QED) is 0.642. The lowest BCUT2D eigenvalue weighted by Gasteiger charge is -2.19. The minimum Gasteiger partial charge on any atom is -0.295 e. The first-order chi connectivity index (χ1) is 9.54. The van der Waals surface area contributed by atoms with Crippen LogP contribution in [0.15, 0.2) is 56.0 Å². The number of benzene rings is 2. The van der Waals surface area contributed by atoms with Crippen LogP contribution in [0.3, 0.4) is 0 Å². The summed E-state index contributed by atoms with van der Waals surface area (Å²) < 4.78 is 0. The van der Waals surface area contributed by atoms with Crippen molar-refractivity contribution >= 4 is 35.1 Å². The molecule has 4 heteroatoms.